The summed E-state index contributed by atoms with van der Waals surface area (Å²) in [6.45, 7) is 0. The molecular weight excluding hydrogens is 168 g/mol. The van der Waals surface area contributed by atoms with Crippen LogP contribution >= 0.6 is 0 Å². The highest BCUT2D eigenvalue weighted by Gasteiger charge is 2.45. The Morgan fingerprint density at radius 1 is 1.31 bits per heavy atom. The SMILES string of the molecule is O=CC1(c2ccc(O)cc2O)CC1. The molecule has 13 heavy (non-hydrogen) atoms. The van der Waals surface area contributed by atoms with Crippen molar-refractivity contribution in [2.75, 3.05) is 0 Å². The minimum absolute atomic E-state index is 0.00426. The lowest BCUT2D eigenvalue weighted by atomic mass is 9.97. The summed E-state index contributed by atoms with van der Waals surface area (Å²) in [7, 11) is 0. The van der Waals surface area contributed by atoms with Crippen LogP contribution in [0.5, 0.6) is 11.5 Å². The van der Waals surface area contributed by atoms with Crippen molar-refractivity contribution in [1.29, 1.82) is 0 Å². The van der Waals surface area contributed by atoms with E-state index in [9.17, 15) is 9.90 Å². The molecule has 1 aliphatic carbocycles. The van der Waals surface area contributed by atoms with E-state index in [0.29, 0.717) is 5.56 Å². The van der Waals surface area contributed by atoms with Crippen molar-refractivity contribution in [2.24, 2.45) is 0 Å². The van der Waals surface area contributed by atoms with E-state index < -0.39 is 5.41 Å². The molecule has 1 saturated carbocycles. The van der Waals surface area contributed by atoms with Crippen LogP contribution < -0.4 is 0 Å². The van der Waals surface area contributed by atoms with Crippen molar-refractivity contribution in [2.45, 2.75) is 18.3 Å². The first-order valence-electron chi connectivity index (χ1n) is 4.17. The highest BCUT2D eigenvalue weighted by atomic mass is 16.3. The average molecular weight is 178 g/mol. The van der Waals surface area contributed by atoms with Crippen LogP contribution in [0.2, 0.25) is 0 Å². The third-order valence-electron chi connectivity index (χ3n) is 2.53. The molecule has 0 saturated heterocycles. The normalized spacial score (nSPS) is 18.2. The van der Waals surface area contributed by atoms with E-state index in [1.54, 1.807) is 6.07 Å². The van der Waals surface area contributed by atoms with Crippen LogP contribution in [0.4, 0.5) is 0 Å². The molecule has 1 fully saturated rings. The predicted molar refractivity (Wildman–Crippen MR) is 46.7 cm³/mol. The summed E-state index contributed by atoms with van der Waals surface area (Å²) in [6, 6.07) is 4.35. The first kappa shape index (κ1) is 8.10. The van der Waals surface area contributed by atoms with Crippen molar-refractivity contribution in [3.63, 3.8) is 0 Å². The van der Waals surface area contributed by atoms with Crippen molar-refractivity contribution < 1.29 is 15.0 Å². The Hall–Kier alpha value is -1.51. The van der Waals surface area contributed by atoms with Gasteiger partial charge < -0.3 is 15.0 Å². The lowest BCUT2D eigenvalue weighted by Gasteiger charge is -2.09. The lowest BCUT2D eigenvalue weighted by Crippen LogP contribution is -2.07. The standard InChI is InChI=1S/C10H10O3/c11-6-10(3-4-10)8-2-1-7(12)5-9(8)13/h1-2,5-6,12-13H,3-4H2. The Balaban J connectivity index is 2.47. The van der Waals surface area contributed by atoms with Gasteiger partial charge in [-0.3, -0.25) is 0 Å². The fourth-order valence-electron chi connectivity index (χ4n) is 1.53. The number of hydrogen-bond acceptors (Lipinski definition) is 3. The minimum atomic E-state index is -0.474. The van der Waals surface area contributed by atoms with Gasteiger partial charge in [0.2, 0.25) is 0 Å². The number of phenolic OH excluding ortho intramolecular Hbond substituents is 2. The molecule has 0 atom stereocenters. The maximum Gasteiger partial charge on any atom is 0.130 e. The van der Waals surface area contributed by atoms with Crippen molar-refractivity contribution in [3.8, 4) is 11.5 Å². The molecule has 0 aromatic heterocycles. The summed E-state index contributed by atoms with van der Waals surface area (Å²) in [5, 5.41) is 18.5. The highest BCUT2D eigenvalue weighted by molar-refractivity contribution is 5.75. The van der Waals surface area contributed by atoms with E-state index in [-0.39, 0.29) is 11.5 Å². The fraction of sp³-hybridized carbons (Fsp3) is 0.300. The summed E-state index contributed by atoms with van der Waals surface area (Å²) < 4.78 is 0. The molecule has 2 N–H and O–H groups in total. The van der Waals surface area contributed by atoms with Crippen LogP contribution in [0.25, 0.3) is 0 Å². The molecule has 3 heteroatoms. The zero-order valence-electron chi connectivity index (χ0n) is 7.03. The molecule has 0 aliphatic heterocycles. The van der Waals surface area contributed by atoms with E-state index in [0.717, 1.165) is 19.1 Å². The Morgan fingerprint density at radius 2 is 2.00 bits per heavy atom. The second kappa shape index (κ2) is 2.49. The molecule has 68 valence electrons. The van der Waals surface area contributed by atoms with Crippen LogP contribution in [0.3, 0.4) is 0 Å². The molecule has 3 nitrogen and oxygen atoms in total. The maximum absolute atomic E-state index is 10.8. The second-order valence-electron chi connectivity index (χ2n) is 3.48. The minimum Gasteiger partial charge on any atom is -0.508 e. The molecule has 1 aromatic rings. The predicted octanol–water partition coefficient (Wildman–Crippen LogP) is 1.33. The van der Waals surface area contributed by atoms with Gasteiger partial charge in [0.1, 0.15) is 17.8 Å². The molecule has 0 bridgehead atoms. The maximum atomic E-state index is 10.8. The zero-order valence-corrected chi connectivity index (χ0v) is 7.03. The molecular formula is C10H10O3. The molecule has 0 amide bonds. The highest BCUT2D eigenvalue weighted by Crippen LogP contribution is 2.49. The van der Waals surface area contributed by atoms with Gasteiger partial charge in [0.05, 0.1) is 5.41 Å². The van der Waals surface area contributed by atoms with E-state index in [1.165, 1.54) is 12.1 Å². The molecule has 0 spiro atoms. The van der Waals surface area contributed by atoms with Crippen LogP contribution in [-0.4, -0.2) is 16.5 Å². The van der Waals surface area contributed by atoms with Gasteiger partial charge in [0.25, 0.3) is 0 Å². The zero-order chi connectivity index (χ0) is 9.47. The smallest absolute Gasteiger partial charge is 0.130 e. The van der Waals surface area contributed by atoms with Gasteiger partial charge in [0, 0.05) is 11.6 Å². The average Bonchev–Trinajstić information content (AvgIpc) is 2.85. The number of rotatable bonds is 2. The Kier molecular flexibility index (Phi) is 1.55. The van der Waals surface area contributed by atoms with Crippen LogP contribution in [0, 0.1) is 0 Å². The summed E-state index contributed by atoms with van der Waals surface area (Å²) >= 11 is 0. The summed E-state index contributed by atoms with van der Waals surface area (Å²) in [6.07, 6.45) is 2.45. The topological polar surface area (TPSA) is 57.5 Å². The van der Waals surface area contributed by atoms with Gasteiger partial charge in [-0.1, -0.05) is 6.07 Å². The molecule has 1 aliphatic rings. The number of phenols is 2. The quantitative estimate of drug-likeness (QED) is 0.671. The third-order valence-corrected chi connectivity index (χ3v) is 2.53. The van der Waals surface area contributed by atoms with E-state index in [4.69, 9.17) is 5.11 Å². The number of benzene rings is 1. The van der Waals surface area contributed by atoms with Crippen molar-refractivity contribution in [1.82, 2.24) is 0 Å². The number of hydrogen-bond donors (Lipinski definition) is 2. The first-order chi connectivity index (χ1) is 6.18. The molecule has 0 heterocycles. The Bertz CT molecular complexity index is 353. The summed E-state index contributed by atoms with van der Waals surface area (Å²) in [4.78, 5) is 10.8. The fourth-order valence-corrected chi connectivity index (χ4v) is 1.53. The van der Waals surface area contributed by atoms with Gasteiger partial charge in [-0.2, -0.15) is 0 Å². The molecule has 2 rings (SSSR count). The van der Waals surface area contributed by atoms with Crippen LogP contribution in [0.15, 0.2) is 18.2 Å². The van der Waals surface area contributed by atoms with Gasteiger partial charge in [-0.15, -0.1) is 0 Å². The van der Waals surface area contributed by atoms with E-state index in [2.05, 4.69) is 0 Å². The van der Waals surface area contributed by atoms with Crippen LogP contribution in [-0.2, 0) is 10.2 Å². The van der Waals surface area contributed by atoms with Crippen molar-refractivity contribution >= 4 is 6.29 Å². The first-order valence-corrected chi connectivity index (χ1v) is 4.17. The lowest BCUT2D eigenvalue weighted by molar-refractivity contribution is -0.109. The van der Waals surface area contributed by atoms with Gasteiger partial charge in [-0.05, 0) is 18.9 Å². The molecule has 1 aromatic carbocycles. The molecule has 0 radical (unpaired) electrons. The monoisotopic (exact) mass is 178 g/mol. The number of carbonyl (C=O) groups excluding carboxylic acids is 1. The van der Waals surface area contributed by atoms with Crippen LogP contribution in [0.1, 0.15) is 18.4 Å². The second-order valence-corrected chi connectivity index (χ2v) is 3.48. The van der Waals surface area contributed by atoms with Gasteiger partial charge in [0.15, 0.2) is 0 Å². The van der Waals surface area contributed by atoms with Gasteiger partial charge >= 0.3 is 0 Å². The van der Waals surface area contributed by atoms with Crippen molar-refractivity contribution in [3.05, 3.63) is 23.8 Å². The third kappa shape index (κ3) is 1.16. The van der Waals surface area contributed by atoms with E-state index >= 15 is 0 Å². The number of aldehydes is 1. The van der Waals surface area contributed by atoms with E-state index in [1.807, 2.05) is 0 Å². The largest absolute Gasteiger partial charge is 0.508 e. The van der Waals surface area contributed by atoms with Gasteiger partial charge in [-0.25, -0.2) is 0 Å². The summed E-state index contributed by atoms with van der Waals surface area (Å²) in [5.41, 5.74) is 0.151. The molecule has 0 unspecified atom stereocenters. The number of carbonyl (C=O) groups is 1. The number of aromatic hydroxyl groups is 2. The summed E-state index contributed by atoms with van der Waals surface area (Å²) in [5.74, 6) is 0.0209. The Labute approximate surface area is 75.6 Å². The Morgan fingerprint density at radius 3 is 2.46 bits per heavy atom.